The summed E-state index contributed by atoms with van der Waals surface area (Å²) in [5.41, 5.74) is 0.0932. The zero-order chi connectivity index (χ0) is 12.0. The first-order valence-electron chi connectivity index (χ1n) is 4.74. The fourth-order valence-electron chi connectivity index (χ4n) is 1.18. The maximum atomic E-state index is 13.1. The molecule has 6 heteroatoms. The summed E-state index contributed by atoms with van der Waals surface area (Å²) in [4.78, 5) is 3.53. The lowest BCUT2D eigenvalue weighted by Crippen LogP contribution is -2.09. The third-order valence-electron chi connectivity index (χ3n) is 1.94. The van der Waals surface area contributed by atoms with Gasteiger partial charge in [-0.05, 0) is 6.07 Å². The highest BCUT2D eigenvalue weighted by atomic mass is 19.3. The van der Waals surface area contributed by atoms with Crippen LogP contribution in [0, 0.1) is 5.82 Å². The van der Waals surface area contributed by atoms with E-state index in [1.54, 1.807) is 0 Å². The number of aliphatic hydroxyl groups is 1. The fourth-order valence-corrected chi connectivity index (χ4v) is 1.18. The number of hydrogen-bond donors (Lipinski definition) is 1. The van der Waals surface area contributed by atoms with Gasteiger partial charge in [0.15, 0.2) is 0 Å². The van der Waals surface area contributed by atoms with Gasteiger partial charge in [-0.25, -0.2) is 13.2 Å². The number of pyridine rings is 1. The molecule has 1 N–H and O–H groups in total. The van der Waals surface area contributed by atoms with Crippen molar-refractivity contribution < 1.29 is 23.0 Å². The zero-order valence-corrected chi connectivity index (χ0v) is 8.44. The lowest BCUT2D eigenvalue weighted by molar-refractivity contribution is 0.00447. The third kappa shape index (κ3) is 4.16. The van der Waals surface area contributed by atoms with Gasteiger partial charge in [-0.2, -0.15) is 0 Å². The Morgan fingerprint density at radius 3 is 2.81 bits per heavy atom. The quantitative estimate of drug-likeness (QED) is 0.766. The van der Waals surface area contributed by atoms with Crippen LogP contribution in [-0.4, -0.2) is 29.7 Å². The molecule has 0 aliphatic rings. The maximum absolute atomic E-state index is 13.1. The Bertz CT molecular complexity index is 323. The molecule has 0 radical (unpaired) electrons. The minimum atomic E-state index is -2.53. The van der Waals surface area contributed by atoms with Crippen molar-refractivity contribution in [3.63, 3.8) is 0 Å². The molecule has 0 amide bonds. The van der Waals surface area contributed by atoms with Crippen molar-refractivity contribution in [2.24, 2.45) is 0 Å². The standard InChI is InChI=1S/C10H12F3NO2/c11-8-5-14-3-1-7(8)9(15)2-4-16-6-10(12)13/h1,3,5,9-10,15H,2,4,6H2. The predicted octanol–water partition coefficient (Wildman–Crippen LogP) is 1.93. The molecule has 16 heavy (non-hydrogen) atoms. The fraction of sp³-hybridized carbons (Fsp3) is 0.500. The van der Waals surface area contributed by atoms with E-state index in [1.807, 2.05) is 0 Å². The van der Waals surface area contributed by atoms with E-state index < -0.39 is 25.0 Å². The normalized spacial score (nSPS) is 13.1. The summed E-state index contributed by atoms with van der Waals surface area (Å²) in [7, 11) is 0. The number of halogens is 3. The molecule has 3 nitrogen and oxygen atoms in total. The Morgan fingerprint density at radius 1 is 1.44 bits per heavy atom. The first-order valence-corrected chi connectivity index (χ1v) is 4.74. The predicted molar refractivity (Wildman–Crippen MR) is 50.6 cm³/mol. The average Bonchev–Trinajstić information content (AvgIpc) is 2.24. The first kappa shape index (κ1) is 12.9. The molecular weight excluding hydrogens is 223 g/mol. The van der Waals surface area contributed by atoms with Crippen molar-refractivity contribution in [1.82, 2.24) is 4.98 Å². The first-order chi connectivity index (χ1) is 7.61. The molecular formula is C10H12F3NO2. The summed E-state index contributed by atoms with van der Waals surface area (Å²) in [6, 6.07) is 1.34. The van der Waals surface area contributed by atoms with Gasteiger partial charge in [-0.15, -0.1) is 0 Å². The summed E-state index contributed by atoms with van der Waals surface area (Å²) in [6.45, 7) is -0.723. The second kappa shape index (κ2) is 6.44. The van der Waals surface area contributed by atoms with Crippen LogP contribution in [0.2, 0.25) is 0 Å². The molecule has 0 aromatic carbocycles. The number of aliphatic hydroxyl groups excluding tert-OH is 1. The number of alkyl halides is 2. The van der Waals surface area contributed by atoms with Crippen LogP contribution >= 0.6 is 0 Å². The Morgan fingerprint density at radius 2 is 2.19 bits per heavy atom. The van der Waals surface area contributed by atoms with E-state index in [4.69, 9.17) is 0 Å². The van der Waals surface area contributed by atoms with E-state index in [1.165, 1.54) is 12.3 Å². The van der Waals surface area contributed by atoms with E-state index in [-0.39, 0.29) is 18.6 Å². The molecule has 1 aromatic heterocycles. The van der Waals surface area contributed by atoms with E-state index in [0.29, 0.717) is 0 Å². The largest absolute Gasteiger partial charge is 0.388 e. The van der Waals surface area contributed by atoms with Crippen LogP contribution < -0.4 is 0 Å². The zero-order valence-electron chi connectivity index (χ0n) is 8.44. The lowest BCUT2D eigenvalue weighted by atomic mass is 10.1. The van der Waals surface area contributed by atoms with Crippen molar-refractivity contribution in [2.45, 2.75) is 19.0 Å². The van der Waals surface area contributed by atoms with Gasteiger partial charge in [0.2, 0.25) is 0 Å². The molecule has 0 saturated heterocycles. The summed E-state index contributed by atoms with van der Waals surface area (Å²) in [6.07, 6.45) is -1.20. The second-order valence-electron chi connectivity index (χ2n) is 3.17. The Hall–Kier alpha value is -1.14. The summed E-state index contributed by atoms with van der Waals surface area (Å²) in [5, 5.41) is 9.53. The van der Waals surface area contributed by atoms with Gasteiger partial charge in [-0.3, -0.25) is 4.98 Å². The average molecular weight is 235 g/mol. The third-order valence-corrected chi connectivity index (χ3v) is 1.94. The SMILES string of the molecule is OC(CCOCC(F)F)c1ccncc1F. The molecule has 0 aliphatic heterocycles. The van der Waals surface area contributed by atoms with Gasteiger partial charge in [0.05, 0.1) is 12.3 Å². The van der Waals surface area contributed by atoms with Crippen molar-refractivity contribution in [3.8, 4) is 0 Å². The highest BCUT2D eigenvalue weighted by molar-refractivity contribution is 5.15. The molecule has 1 unspecified atom stereocenters. The monoisotopic (exact) mass is 235 g/mol. The molecule has 90 valence electrons. The Labute approximate surface area is 90.9 Å². The minimum Gasteiger partial charge on any atom is -0.388 e. The van der Waals surface area contributed by atoms with Crippen LogP contribution in [0.1, 0.15) is 18.1 Å². The smallest absolute Gasteiger partial charge is 0.261 e. The molecule has 1 heterocycles. The van der Waals surface area contributed by atoms with Crippen LogP contribution in [-0.2, 0) is 4.74 Å². The number of ether oxygens (including phenoxy) is 1. The Kier molecular flexibility index (Phi) is 5.21. The van der Waals surface area contributed by atoms with E-state index in [2.05, 4.69) is 9.72 Å². The molecule has 0 fully saturated rings. The maximum Gasteiger partial charge on any atom is 0.261 e. The topological polar surface area (TPSA) is 42.4 Å². The molecule has 1 rings (SSSR count). The van der Waals surface area contributed by atoms with Crippen LogP contribution in [0.4, 0.5) is 13.2 Å². The number of hydrogen-bond acceptors (Lipinski definition) is 3. The van der Waals surface area contributed by atoms with Crippen molar-refractivity contribution in [2.75, 3.05) is 13.2 Å². The van der Waals surface area contributed by atoms with Crippen molar-refractivity contribution in [3.05, 3.63) is 29.8 Å². The molecule has 1 aromatic rings. The van der Waals surface area contributed by atoms with Crippen LogP contribution in [0.25, 0.3) is 0 Å². The molecule has 1 atom stereocenters. The summed E-state index contributed by atoms with van der Waals surface area (Å²) in [5.74, 6) is -0.621. The molecule has 0 aliphatic carbocycles. The summed E-state index contributed by atoms with van der Waals surface area (Å²) >= 11 is 0. The van der Waals surface area contributed by atoms with Crippen LogP contribution in [0.5, 0.6) is 0 Å². The van der Waals surface area contributed by atoms with Crippen molar-refractivity contribution >= 4 is 0 Å². The van der Waals surface area contributed by atoms with Gasteiger partial charge in [0.25, 0.3) is 6.43 Å². The van der Waals surface area contributed by atoms with Gasteiger partial charge in [0.1, 0.15) is 12.4 Å². The van der Waals surface area contributed by atoms with Gasteiger partial charge >= 0.3 is 0 Å². The van der Waals surface area contributed by atoms with E-state index >= 15 is 0 Å². The minimum absolute atomic E-state index is 0.0483. The van der Waals surface area contributed by atoms with E-state index in [0.717, 1.165) is 6.20 Å². The molecule has 0 saturated carbocycles. The highest BCUT2D eigenvalue weighted by Gasteiger charge is 2.12. The number of aromatic nitrogens is 1. The van der Waals surface area contributed by atoms with Crippen LogP contribution in [0.3, 0.4) is 0 Å². The summed E-state index contributed by atoms with van der Waals surface area (Å²) < 4.78 is 41.1. The van der Waals surface area contributed by atoms with Crippen LogP contribution in [0.15, 0.2) is 18.5 Å². The number of rotatable bonds is 6. The lowest BCUT2D eigenvalue weighted by Gasteiger charge is -2.11. The highest BCUT2D eigenvalue weighted by Crippen LogP contribution is 2.18. The number of nitrogens with zero attached hydrogens (tertiary/aromatic N) is 1. The van der Waals surface area contributed by atoms with E-state index in [9.17, 15) is 18.3 Å². The van der Waals surface area contributed by atoms with Gasteiger partial charge in [-0.1, -0.05) is 0 Å². The second-order valence-corrected chi connectivity index (χ2v) is 3.17. The molecule has 0 bridgehead atoms. The molecule has 0 spiro atoms. The van der Waals surface area contributed by atoms with Gasteiger partial charge < -0.3 is 9.84 Å². The van der Waals surface area contributed by atoms with Gasteiger partial charge in [0, 0.05) is 24.8 Å². The van der Waals surface area contributed by atoms with Crippen molar-refractivity contribution in [1.29, 1.82) is 0 Å². The Balaban J connectivity index is 2.35.